The standard InChI is InChI=1S/C14H23N/c1-5-14(4,10-15)9-13-7-11(2)6-12(3)8-13/h6-8H,5,9-10,15H2,1-4H3. The van der Waals surface area contributed by atoms with Crippen molar-refractivity contribution in [1.82, 2.24) is 0 Å². The molecule has 84 valence electrons. The Bertz CT molecular complexity index is 304. The van der Waals surface area contributed by atoms with Gasteiger partial charge in [-0.05, 0) is 44.2 Å². The maximum atomic E-state index is 5.84. The molecule has 0 saturated heterocycles. The van der Waals surface area contributed by atoms with Gasteiger partial charge < -0.3 is 5.73 Å². The Hall–Kier alpha value is -0.820. The van der Waals surface area contributed by atoms with Crippen LogP contribution < -0.4 is 5.73 Å². The molecule has 1 atom stereocenters. The largest absolute Gasteiger partial charge is 0.330 e. The molecular formula is C14H23N. The number of hydrogen-bond acceptors (Lipinski definition) is 1. The van der Waals surface area contributed by atoms with Crippen LogP contribution in [0.2, 0.25) is 0 Å². The highest BCUT2D eigenvalue weighted by Gasteiger charge is 2.20. The van der Waals surface area contributed by atoms with Crippen LogP contribution in [0.25, 0.3) is 0 Å². The molecule has 1 nitrogen and oxygen atoms in total. The average Bonchev–Trinajstić information content (AvgIpc) is 2.16. The Balaban J connectivity index is 2.88. The SMILES string of the molecule is CCC(C)(CN)Cc1cc(C)cc(C)c1. The van der Waals surface area contributed by atoms with E-state index in [1.54, 1.807) is 0 Å². The van der Waals surface area contributed by atoms with Crippen molar-refractivity contribution in [1.29, 1.82) is 0 Å². The number of benzene rings is 1. The molecule has 15 heavy (non-hydrogen) atoms. The Morgan fingerprint density at radius 3 is 2.07 bits per heavy atom. The molecule has 0 radical (unpaired) electrons. The summed E-state index contributed by atoms with van der Waals surface area (Å²) in [4.78, 5) is 0. The van der Waals surface area contributed by atoms with Gasteiger partial charge in [0.1, 0.15) is 0 Å². The van der Waals surface area contributed by atoms with Crippen molar-refractivity contribution in [3.05, 3.63) is 34.9 Å². The zero-order chi connectivity index (χ0) is 11.5. The summed E-state index contributed by atoms with van der Waals surface area (Å²) >= 11 is 0. The van der Waals surface area contributed by atoms with Gasteiger partial charge in [-0.25, -0.2) is 0 Å². The van der Waals surface area contributed by atoms with Crippen molar-refractivity contribution >= 4 is 0 Å². The van der Waals surface area contributed by atoms with E-state index in [-0.39, 0.29) is 5.41 Å². The first-order valence-corrected chi connectivity index (χ1v) is 5.76. The number of hydrogen-bond donors (Lipinski definition) is 1. The van der Waals surface area contributed by atoms with Crippen LogP contribution in [0.15, 0.2) is 18.2 Å². The minimum Gasteiger partial charge on any atom is -0.330 e. The summed E-state index contributed by atoms with van der Waals surface area (Å²) in [5.41, 5.74) is 10.2. The Morgan fingerprint density at radius 1 is 1.13 bits per heavy atom. The molecule has 0 bridgehead atoms. The van der Waals surface area contributed by atoms with E-state index in [0.717, 1.165) is 19.4 Å². The molecule has 1 aromatic rings. The maximum absolute atomic E-state index is 5.84. The summed E-state index contributed by atoms with van der Waals surface area (Å²) in [6, 6.07) is 6.77. The van der Waals surface area contributed by atoms with Crippen LogP contribution in [0, 0.1) is 19.3 Å². The van der Waals surface area contributed by atoms with Crippen molar-refractivity contribution in [3.63, 3.8) is 0 Å². The van der Waals surface area contributed by atoms with Gasteiger partial charge in [-0.15, -0.1) is 0 Å². The lowest BCUT2D eigenvalue weighted by molar-refractivity contribution is 0.320. The van der Waals surface area contributed by atoms with Gasteiger partial charge in [0.2, 0.25) is 0 Å². The van der Waals surface area contributed by atoms with E-state index in [0.29, 0.717) is 0 Å². The minimum atomic E-state index is 0.250. The van der Waals surface area contributed by atoms with E-state index in [2.05, 4.69) is 45.9 Å². The lowest BCUT2D eigenvalue weighted by atomic mass is 9.81. The minimum absolute atomic E-state index is 0.250. The molecule has 1 heteroatoms. The number of nitrogens with two attached hydrogens (primary N) is 1. The van der Waals surface area contributed by atoms with Gasteiger partial charge in [0, 0.05) is 0 Å². The van der Waals surface area contributed by atoms with Crippen molar-refractivity contribution in [2.45, 2.75) is 40.5 Å². The summed E-state index contributed by atoms with van der Waals surface area (Å²) in [7, 11) is 0. The number of rotatable bonds is 4. The molecule has 2 N–H and O–H groups in total. The van der Waals surface area contributed by atoms with E-state index < -0.39 is 0 Å². The fourth-order valence-corrected chi connectivity index (χ4v) is 2.01. The zero-order valence-electron chi connectivity index (χ0n) is 10.4. The maximum Gasteiger partial charge on any atom is -0.00201 e. The molecule has 0 spiro atoms. The first-order valence-electron chi connectivity index (χ1n) is 5.76. The second kappa shape index (κ2) is 4.80. The normalized spacial score (nSPS) is 15.0. The third-order valence-corrected chi connectivity index (χ3v) is 3.26. The number of aryl methyl sites for hydroxylation is 2. The highest BCUT2D eigenvalue weighted by molar-refractivity contribution is 5.29. The van der Waals surface area contributed by atoms with E-state index >= 15 is 0 Å². The van der Waals surface area contributed by atoms with Crippen LogP contribution in [0.4, 0.5) is 0 Å². The lowest BCUT2D eigenvalue weighted by Crippen LogP contribution is -2.28. The summed E-state index contributed by atoms with van der Waals surface area (Å²) in [5, 5.41) is 0. The van der Waals surface area contributed by atoms with E-state index in [1.165, 1.54) is 16.7 Å². The Kier molecular flexibility index (Phi) is 3.92. The van der Waals surface area contributed by atoms with Crippen molar-refractivity contribution in [2.24, 2.45) is 11.1 Å². The van der Waals surface area contributed by atoms with E-state index in [1.807, 2.05) is 0 Å². The second-order valence-electron chi connectivity index (χ2n) is 5.04. The van der Waals surface area contributed by atoms with Gasteiger partial charge in [0.15, 0.2) is 0 Å². The Labute approximate surface area is 93.7 Å². The van der Waals surface area contributed by atoms with Crippen LogP contribution >= 0.6 is 0 Å². The molecule has 0 fully saturated rings. The topological polar surface area (TPSA) is 26.0 Å². The summed E-state index contributed by atoms with van der Waals surface area (Å²) in [6.07, 6.45) is 2.22. The molecule has 1 aromatic carbocycles. The Morgan fingerprint density at radius 2 is 1.67 bits per heavy atom. The van der Waals surface area contributed by atoms with Crippen LogP contribution in [0.3, 0.4) is 0 Å². The van der Waals surface area contributed by atoms with Gasteiger partial charge >= 0.3 is 0 Å². The predicted molar refractivity (Wildman–Crippen MR) is 67.1 cm³/mol. The van der Waals surface area contributed by atoms with E-state index in [9.17, 15) is 0 Å². The van der Waals surface area contributed by atoms with Crippen LogP contribution in [0.5, 0.6) is 0 Å². The predicted octanol–water partition coefficient (Wildman–Crippen LogP) is 3.22. The molecule has 1 unspecified atom stereocenters. The van der Waals surface area contributed by atoms with Crippen molar-refractivity contribution in [3.8, 4) is 0 Å². The smallest absolute Gasteiger partial charge is 0.00201 e. The summed E-state index contributed by atoms with van der Waals surface area (Å²) in [6.45, 7) is 9.56. The van der Waals surface area contributed by atoms with Gasteiger partial charge in [-0.3, -0.25) is 0 Å². The highest BCUT2D eigenvalue weighted by Crippen LogP contribution is 2.25. The molecule has 0 aliphatic carbocycles. The molecule has 0 aliphatic heterocycles. The molecule has 0 saturated carbocycles. The summed E-state index contributed by atoms with van der Waals surface area (Å²) < 4.78 is 0. The van der Waals surface area contributed by atoms with Gasteiger partial charge in [-0.1, -0.05) is 43.2 Å². The van der Waals surface area contributed by atoms with Gasteiger partial charge in [0.05, 0.1) is 0 Å². The fourth-order valence-electron chi connectivity index (χ4n) is 2.01. The van der Waals surface area contributed by atoms with Crippen LogP contribution in [0.1, 0.15) is 37.0 Å². The third kappa shape index (κ3) is 3.35. The van der Waals surface area contributed by atoms with Gasteiger partial charge in [-0.2, -0.15) is 0 Å². The molecule has 0 heterocycles. The highest BCUT2D eigenvalue weighted by atomic mass is 14.6. The second-order valence-corrected chi connectivity index (χ2v) is 5.04. The molecule has 0 amide bonds. The summed E-state index contributed by atoms with van der Waals surface area (Å²) in [5.74, 6) is 0. The average molecular weight is 205 g/mol. The van der Waals surface area contributed by atoms with Crippen molar-refractivity contribution in [2.75, 3.05) is 6.54 Å². The van der Waals surface area contributed by atoms with Crippen molar-refractivity contribution < 1.29 is 0 Å². The first-order chi connectivity index (χ1) is 6.99. The molecular weight excluding hydrogens is 182 g/mol. The fraction of sp³-hybridized carbons (Fsp3) is 0.571. The molecule has 0 aromatic heterocycles. The lowest BCUT2D eigenvalue weighted by Gasteiger charge is -2.26. The molecule has 1 rings (SSSR count). The zero-order valence-corrected chi connectivity index (χ0v) is 10.4. The molecule has 0 aliphatic rings. The quantitative estimate of drug-likeness (QED) is 0.802. The van der Waals surface area contributed by atoms with E-state index in [4.69, 9.17) is 5.73 Å². The van der Waals surface area contributed by atoms with Gasteiger partial charge in [0.25, 0.3) is 0 Å². The van der Waals surface area contributed by atoms with Crippen LogP contribution in [-0.4, -0.2) is 6.54 Å². The first kappa shape index (κ1) is 12.3. The monoisotopic (exact) mass is 205 g/mol. The third-order valence-electron chi connectivity index (χ3n) is 3.26. The van der Waals surface area contributed by atoms with Crippen LogP contribution in [-0.2, 0) is 6.42 Å².